The predicted molar refractivity (Wildman–Crippen MR) is 165 cm³/mol. The van der Waals surface area contributed by atoms with Gasteiger partial charge in [-0.3, -0.25) is 14.4 Å². The van der Waals surface area contributed by atoms with Gasteiger partial charge in [0.2, 0.25) is 11.8 Å². The van der Waals surface area contributed by atoms with Crippen molar-refractivity contribution in [3.63, 3.8) is 0 Å². The van der Waals surface area contributed by atoms with Crippen molar-refractivity contribution in [2.45, 2.75) is 82.5 Å². The van der Waals surface area contributed by atoms with E-state index in [0.717, 1.165) is 19.3 Å². The van der Waals surface area contributed by atoms with Crippen LogP contribution in [0.4, 0.5) is 5.69 Å². The summed E-state index contributed by atoms with van der Waals surface area (Å²) < 4.78 is 6.96. The van der Waals surface area contributed by atoms with E-state index in [4.69, 9.17) is 16.3 Å². The second-order valence-electron chi connectivity index (χ2n) is 11.8. The molecule has 3 aliphatic rings. The molecule has 4 rings (SSSR count). The number of likely N-dealkylation sites (tertiary alicyclic amines) is 1. The number of fused-ring (bicyclic) bond motifs is 1. The first kappa shape index (κ1) is 32.2. The van der Waals surface area contributed by atoms with Gasteiger partial charge >= 0.3 is 0 Å². The SMILES string of the molecule is C=CCN(CCC)C(=O)[C@@H]1[C@H]2C(=O)N(CCCCCCO)C(C(=O)N(CC=C)c3ccc(Cl)cc3)C23CC[C@@]1(CC)O3. The Balaban J connectivity index is 1.77. The molecular weight excluding hydrogens is 554 g/mol. The average molecular weight is 600 g/mol. The number of hydrogen-bond acceptors (Lipinski definition) is 5. The van der Waals surface area contributed by atoms with Crippen LogP contribution in [-0.2, 0) is 19.1 Å². The Morgan fingerprint density at radius 1 is 1.07 bits per heavy atom. The van der Waals surface area contributed by atoms with Gasteiger partial charge in [-0.2, -0.15) is 0 Å². The number of ether oxygens (including phenoxy) is 1. The molecule has 0 saturated carbocycles. The average Bonchev–Trinajstić information content (AvgIpc) is 3.59. The summed E-state index contributed by atoms with van der Waals surface area (Å²) in [7, 11) is 0. The molecular formula is C33H46ClN3O5. The first-order chi connectivity index (χ1) is 20.2. The minimum Gasteiger partial charge on any atom is -0.396 e. The van der Waals surface area contributed by atoms with Crippen molar-refractivity contribution in [3.8, 4) is 0 Å². The molecule has 0 aromatic heterocycles. The fraction of sp³-hybridized carbons (Fsp3) is 0.606. The van der Waals surface area contributed by atoms with Gasteiger partial charge in [0.1, 0.15) is 11.6 Å². The molecule has 230 valence electrons. The van der Waals surface area contributed by atoms with Crippen LogP contribution in [0.2, 0.25) is 5.02 Å². The van der Waals surface area contributed by atoms with E-state index in [-0.39, 0.29) is 30.9 Å². The van der Waals surface area contributed by atoms with Crippen molar-refractivity contribution in [1.82, 2.24) is 9.80 Å². The Labute approximate surface area is 255 Å². The summed E-state index contributed by atoms with van der Waals surface area (Å²) >= 11 is 6.15. The smallest absolute Gasteiger partial charge is 0.253 e. The third-order valence-electron chi connectivity index (χ3n) is 9.36. The number of rotatable bonds is 16. The zero-order chi connectivity index (χ0) is 30.5. The maximum absolute atomic E-state index is 14.7. The molecule has 3 aliphatic heterocycles. The van der Waals surface area contributed by atoms with Crippen LogP contribution in [0, 0.1) is 11.8 Å². The zero-order valence-electron chi connectivity index (χ0n) is 25.1. The largest absolute Gasteiger partial charge is 0.396 e. The summed E-state index contributed by atoms with van der Waals surface area (Å²) in [5.41, 5.74) is -1.22. The molecule has 3 fully saturated rings. The van der Waals surface area contributed by atoms with E-state index < -0.39 is 29.1 Å². The number of nitrogens with zero attached hydrogens (tertiary/aromatic N) is 3. The molecule has 1 aromatic carbocycles. The zero-order valence-corrected chi connectivity index (χ0v) is 25.9. The fourth-order valence-corrected chi connectivity index (χ4v) is 7.62. The highest BCUT2D eigenvalue weighted by molar-refractivity contribution is 6.30. The van der Waals surface area contributed by atoms with Crippen molar-refractivity contribution in [3.05, 3.63) is 54.6 Å². The summed E-state index contributed by atoms with van der Waals surface area (Å²) in [6, 6.07) is 6.19. The van der Waals surface area contributed by atoms with Crippen LogP contribution in [0.1, 0.15) is 65.2 Å². The van der Waals surface area contributed by atoms with Crippen LogP contribution in [0.15, 0.2) is 49.6 Å². The maximum atomic E-state index is 14.7. The lowest BCUT2D eigenvalue weighted by molar-refractivity contribution is -0.151. The lowest BCUT2D eigenvalue weighted by atomic mass is 9.64. The Morgan fingerprint density at radius 2 is 1.76 bits per heavy atom. The van der Waals surface area contributed by atoms with Gasteiger partial charge in [0.15, 0.2) is 0 Å². The summed E-state index contributed by atoms with van der Waals surface area (Å²) in [5, 5.41) is 9.77. The number of aliphatic hydroxyl groups is 1. The Hall–Kier alpha value is -2.68. The molecule has 5 atom stereocenters. The topological polar surface area (TPSA) is 90.4 Å². The first-order valence-corrected chi connectivity index (χ1v) is 15.8. The van der Waals surface area contributed by atoms with Gasteiger partial charge in [-0.1, -0.05) is 50.4 Å². The van der Waals surface area contributed by atoms with Crippen LogP contribution in [0.25, 0.3) is 0 Å². The van der Waals surface area contributed by atoms with Gasteiger partial charge in [-0.25, -0.2) is 0 Å². The van der Waals surface area contributed by atoms with Crippen LogP contribution < -0.4 is 4.90 Å². The number of aliphatic hydroxyl groups excluding tert-OH is 1. The molecule has 3 saturated heterocycles. The van der Waals surface area contributed by atoms with E-state index in [1.54, 1.807) is 51.1 Å². The van der Waals surface area contributed by atoms with E-state index in [9.17, 15) is 19.5 Å². The number of benzene rings is 1. The number of halogens is 1. The number of anilines is 1. The summed E-state index contributed by atoms with van der Waals surface area (Å²) in [6.07, 6.45) is 8.96. The highest BCUT2D eigenvalue weighted by Gasteiger charge is 2.79. The fourth-order valence-electron chi connectivity index (χ4n) is 7.50. The van der Waals surface area contributed by atoms with E-state index in [0.29, 0.717) is 62.4 Å². The minimum absolute atomic E-state index is 0.0878. The van der Waals surface area contributed by atoms with E-state index >= 15 is 0 Å². The third kappa shape index (κ3) is 5.65. The van der Waals surface area contributed by atoms with Crippen molar-refractivity contribution >= 4 is 35.0 Å². The van der Waals surface area contributed by atoms with Crippen molar-refractivity contribution in [1.29, 1.82) is 0 Å². The Morgan fingerprint density at radius 3 is 2.38 bits per heavy atom. The number of amides is 3. The molecule has 3 amide bonds. The monoisotopic (exact) mass is 599 g/mol. The van der Waals surface area contributed by atoms with Gasteiger partial charge in [0.25, 0.3) is 5.91 Å². The van der Waals surface area contributed by atoms with Crippen molar-refractivity contribution in [2.75, 3.05) is 37.7 Å². The van der Waals surface area contributed by atoms with Gasteiger partial charge in [-0.05, 0) is 62.8 Å². The Bertz CT molecular complexity index is 1160. The van der Waals surface area contributed by atoms with Crippen LogP contribution in [-0.4, -0.2) is 82.7 Å². The minimum atomic E-state index is -1.09. The maximum Gasteiger partial charge on any atom is 0.253 e. The van der Waals surface area contributed by atoms with Crippen LogP contribution >= 0.6 is 11.6 Å². The van der Waals surface area contributed by atoms with Gasteiger partial charge in [0.05, 0.1) is 17.4 Å². The molecule has 0 radical (unpaired) electrons. The second-order valence-corrected chi connectivity index (χ2v) is 12.2. The molecule has 1 spiro atoms. The third-order valence-corrected chi connectivity index (χ3v) is 9.61. The molecule has 2 bridgehead atoms. The quantitative estimate of drug-likeness (QED) is 0.214. The summed E-state index contributed by atoms with van der Waals surface area (Å²) in [5.74, 6) is -1.89. The second kappa shape index (κ2) is 13.7. The predicted octanol–water partition coefficient (Wildman–Crippen LogP) is 4.99. The molecule has 42 heavy (non-hydrogen) atoms. The van der Waals surface area contributed by atoms with Gasteiger partial charge < -0.3 is 24.5 Å². The molecule has 8 nitrogen and oxygen atoms in total. The Kier molecular flexibility index (Phi) is 10.5. The summed E-state index contributed by atoms with van der Waals surface area (Å²) in [4.78, 5) is 48.5. The van der Waals surface area contributed by atoms with Crippen LogP contribution in [0.3, 0.4) is 0 Å². The van der Waals surface area contributed by atoms with Crippen molar-refractivity contribution < 1.29 is 24.2 Å². The molecule has 1 aromatic rings. The normalized spacial score (nSPS) is 27.7. The van der Waals surface area contributed by atoms with Crippen molar-refractivity contribution in [2.24, 2.45) is 11.8 Å². The number of carbonyl (C=O) groups excluding carboxylic acids is 3. The molecule has 0 aliphatic carbocycles. The summed E-state index contributed by atoms with van der Waals surface area (Å²) in [6.45, 7) is 13.5. The number of hydrogen-bond donors (Lipinski definition) is 1. The van der Waals surface area contributed by atoms with E-state index in [1.165, 1.54) is 0 Å². The molecule has 9 heteroatoms. The van der Waals surface area contributed by atoms with E-state index in [2.05, 4.69) is 13.2 Å². The number of unbranched alkanes of at least 4 members (excludes halogenated alkanes) is 3. The standard InChI is InChI=1S/C33H46ClN3O5/c1-5-19-35(20-6-2)29(39)26-27-30(40)37(22-11-9-10-12-23-38)28(33(27)18-17-32(26,8-4)42-33)31(41)36(21-7-3)25-15-13-24(34)14-16-25/h5,7,13-16,26-28,38H,1,3,6,8-12,17-23H2,2,4H3/t26-,27-,28?,32+,33?/m0/s1. The van der Waals surface area contributed by atoms with Gasteiger partial charge in [0, 0.05) is 43.5 Å². The molecule has 1 N–H and O–H groups in total. The number of carbonyl (C=O) groups is 3. The highest BCUT2D eigenvalue weighted by atomic mass is 35.5. The molecule has 3 heterocycles. The van der Waals surface area contributed by atoms with E-state index in [1.807, 2.05) is 13.8 Å². The van der Waals surface area contributed by atoms with Crippen LogP contribution in [0.5, 0.6) is 0 Å². The molecule has 2 unspecified atom stereocenters. The first-order valence-electron chi connectivity index (χ1n) is 15.4. The highest BCUT2D eigenvalue weighted by Crippen LogP contribution is 2.64. The lowest BCUT2D eigenvalue weighted by Crippen LogP contribution is -2.56. The van der Waals surface area contributed by atoms with Gasteiger partial charge in [-0.15, -0.1) is 13.2 Å². The lowest BCUT2D eigenvalue weighted by Gasteiger charge is -2.37.